The topological polar surface area (TPSA) is 76.9 Å². The molecule has 186 valence electrons. The predicted molar refractivity (Wildman–Crippen MR) is 118 cm³/mol. The lowest BCUT2D eigenvalue weighted by Crippen LogP contribution is -2.50. The van der Waals surface area contributed by atoms with Gasteiger partial charge in [0, 0.05) is 30.9 Å². The van der Waals surface area contributed by atoms with Crippen LogP contribution in [0.1, 0.15) is 45.2 Å². The van der Waals surface area contributed by atoms with Crippen LogP contribution in [0.25, 0.3) is 10.9 Å². The zero-order chi connectivity index (χ0) is 24.8. The van der Waals surface area contributed by atoms with E-state index in [1.807, 2.05) is 0 Å². The number of nitrogens with zero attached hydrogens (tertiary/aromatic N) is 4. The van der Waals surface area contributed by atoms with Gasteiger partial charge < -0.3 is 19.3 Å². The predicted octanol–water partition coefficient (Wildman–Crippen LogP) is 3.93. The van der Waals surface area contributed by atoms with E-state index in [0.29, 0.717) is 36.5 Å². The van der Waals surface area contributed by atoms with Crippen LogP contribution in [0.2, 0.25) is 0 Å². The highest BCUT2D eigenvalue weighted by molar-refractivity contribution is 5.86. The van der Waals surface area contributed by atoms with E-state index < -0.39 is 29.8 Å². The number of aromatic nitrogens is 2. The summed E-state index contributed by atoms with van der Waals surface area (Å²) in [6.07, 6.45) is -4.62. The summed E-state index contributed by atoms with van der Waals surface area (Å²) in [6.45, 7) is 5.97. The molecule has 1 atom stereocenters. The molecule has 0 bridgehead atoms. The zero-order valence-corrected chi connectivity index (χ0v) is 19.7. The minimum atomic E-state index is -4.45. The van der Waals surface area contributed by atoms with Crippen molar-refractivity contribution in [1.82, 2.24) is 19.6 Å². The molecular weight excluding hydrogens is 453 g/mol. The van der Waals surface area contributed by atoms with Crippen molar-refractivity contribution in [2.75, 3.05) is 26.7 Å². The molecule has 34 heavy (non-hydrogen) atoms. The van der Waals surface area contributed by atoms with Crippen LogP contribution in [0.3, 0.4) is 0 Å². The Kier molecular flexibility index (Phi) is 6.15. The molecule has 0 unspecified atom stereocenters. The molecule has 2 aromatic rings. The second kappa shape index (κ2) is 8.66. The fourth-order valence-electron chi connectivity index (χ4n) is 4.48. The molecule has 1 aromatic carbocycles. The van der Waals surface area contributed by atoms with Gasteiger partial charge in [-0.15, -0.1) is 0 Å². The van der Waals surface area contributed by atoms with Crippen molar-refractivity contribution in [2.24, 2.45) is 0 Å². The molecule has 0 saturated carbocycles. The first-order chi connectivity index (χ1) is 15.9. The molecule has 0 radical (unpaired) electrons. The fourth-order valence-corrected chi connectivity index (χ4v) is 4.48. The van der Waals surface area contributed by atoms with Crippen LogP contribution < -0.4 is 4.74 Å². The summed E-state index contributed by atoms with van der Waals surface area (Å²) in [4.78, 5) is 27.6. The smallest absolute Gasteiger partial charge is 0.410 e. The average Bonchev–Trinajstić information content (AvgIpc) is 3.31. The molecule has 2 aliphatic rings. The number of hydrogen-bond donors (Lipinski definition) is 0. The van der Waals surface area contributed by atoms with E-state index in [1.165, 1.54) is 11.8 Å². The van der Waals surface area contributed by atoms with Crippen LogP contribution in [-0.2, 0) is 16.1 Å². The normalized spacial score (nSPS) is 19.4. The van der Waals surface area contributed by atoms with Crippen LogP contribution in [0, 0.1) is 0 Å². The average molecular weight is 483 g/mol. The zero-order valence-electron chi connectivity index (χ0n) is 19.7. The Balaban J connectivity index is 1.56. The van der Waals surface area contributed by atoms with E-state index in [9.17, 15) is 22.8 Å². The second-order valence-electron chi connectivity index (χ2n) is 9.79. The molecule has 2 aliphatic heterocycles. The largest absolute Gasteiger partial charge is 0.497 e. The molecule has 4 rings (SSSR count). The lowest BCUT2D eigenvalue weighted by atomic mass is 9.94. The molecule has 0 N–H and O–H groups in total. The quantitative estimate of drug-likeness (QED) is 0.660. The van der Waals surface area contributed by atoms with E-state index in [-0.39, 0.29) is 25.4 Å². The van der Waals surface area contributed by atoms with Gasteiger partial charge in [0.15, 0.2) is 0 Å². The van der Waals surface area contributed by atoms with E-state index in [0.717, 1.165) is 10.3 Å². The van der Waals surface area contributed by atoms with E-state index in [4.69, 9.17) is 9.47 Å². The van der Waals surface area contributed by atoms with Crippen molar-refractivity contribution >= 4 is 22.9 Å². The number of alkyl halides is 3. The van der Waals surface area contributed by atoms with E-state index in [1.54, 1.807) is 43.9 Å². The van der Waals surface area contributed by atoms with Crippen molar-refractivity contribution in [1.29, 1.82) is 0 Å². The summed E-state index contributed by atoms with van der Waals surface area (Å²) in [5.41, 5.74) is 0.700. The van der Waals surface area contributed by atoms with Crippen molar-refractivity contribution < 1.29 is 32.2 Å². The number of fused-ring (bicyclic) bond motifs is 1. The fraction of sp³-hybridized carbons (Fsp3) is 0.609. The Morgan fingerprint density at radius 1 is 1.18 bits per heavy atom. The number of halogens is 3. The molecule has 0 aliphatic carbocycles. The third-order valence-electron chi connectivity index (χ3n) is 6.14. The molecule has 8 nitrogen and oxygen atoms in total. The standard InChI is InChI=1S/C23H29F3N4O4/c1-22(2,3)34-21(32)28-11-14(12-28)20-16-10-15(33-4)7-8-17(16)30(27-20)13-19(31)29-9-5-6-18(29)23(24,25)26/h7-8,10,14,18H,5-6,9,11-13H2,1-4H3/t18-/m0/s1. The maximum atomic E-state index is 13.3. The Labute approximate surface area is 195 Å². The molecule has 11 heteroatoms. The maximum Gasteiger partial charge on any atom is 0.410 e. The molecule has 3 heterocycles. The summed E-state index contributed by atoms with van der Waals surface area (Å²) < 4.78 is 52.2. The van der Waals surface area contributed by atoms with Crippen LogP contribution >= 0.6 is 0 Å². The van der Waals surface area contributed by atoms with Gasteiger partial charge in [-0.2, -0.15) is 18.3 Å². The first-order valence-corrected chi connectivity index (χ1v) is 11.3. The number of methoxy groups -OCH3 is 1. The summed E-state index contributed by atoms with van der Waals surface area (Å²) in [5, 5.41) is 5.35. The minimum Gasteiger partial charge on any atom is -0.497 e. The van der Waals surface area contributed by atoms with Gasteiger partial charge in [-0.05, 0) is 51.8 Å². The van der Waals surface area contributed by atoms with Crippen molar-refractivity contribution in [3.8, 4) is 5.75 Å². The number of amides is 2. The summed E-state index contributed by atoms with van der Waals surface area (Å²) in [6, 6.07) is 3.50. The number of carbonyl (C=O) groups is 2. The second-order valence-corrected chi connectivity index (χ2v) is 9.79. The summed E-state index contributed by atoms with van der Waals surface area (Å²) >= 11 is 0. The lowest BCUT2D eigenvalue weighted by molar-refractivity contribution is -0.183. The summed E-state index contributed by atoms with van der Waals surface area (Å²) in [7, 11) is 1.53. The number of carbonyl (C=O) groups excluding carboxylic acids is 2. The van der Waals surface area contributed by atoms with Gasteiger partial charge in [-0.3, -0.25) is 9.48 Å². The number of likely N-dealkylation sites (tertiary alicyclic amines) is 2. The van der Waals surface area contributed by atoms with Gasteiger partial charge in [0.2, 0.25) is 5.91 Å². The van der Waals surface area contributed by atoms with Gasteiger partial charge in [-0.25, -0.2) is 4.79 Å². The van der Waals surface area contributed by atoms with Crippen LogP contribution in [-0.4, -0.2) is 76.1 Å². The number of rotatable bonds is 4. The van der Waals surface area contributed by atoms with Crippen LogP contribution in [0.5, 0.6) is 5.75 Å². The Morgan fingerprint density at radius 2 is 1.88 bits per heavy atom. The first kappa shape index (κ1) is 24.2. The summed E-state index contributed by atoms with van der Waals surface area (Å²) in [5.74, 6) is -0.108. The number of hydrogen-bond acceptors (Lipinski definition) is 5. The van der Waals surface area contributed by atoms with Gasteiger partial charge in [0.05, 0.1) is 18.3 Å². The molecule has 2 saturated heterocycles. The molecule has 2 amide bonds. The van der Waals surface area contributed by atoms with E-state index >= 15 is 0 Å². The Bertz CT molecular complexity index is 1090. The minimum absolute atomic E-state index is 0.0797. The maximum absolute atomic E-state index is 13.3. The third-order valence-corrected chi connectivity index (χ3v) is 6.14. The Hall–Kier alpha value is -2.98. The van der Waals surface area contributed by atoms with Crippen molar-refractivity contribution in [3.05, 3.63) is 23.9 Å². The third kappa shape index (κ3) is 4.78. The number of ether oxygens (including phenoxy) is 2. The van der Waals surface area contributed by atoms with E-state index in [2.05, 4.69) is 5.10 Å². The van der Waals surface area contributed by atoms with Crippen molar-refractivity contribution in [3.63, 3.8) is 0 Å². The monoisotopic (exact) mass is 482 g/mol. The van der Waals surface area contributed by atoms with Gasteiger partial charge in [0.25, 0.3) is 0 Å². The molecule has 1 aromatic heterocycles. The highest BCUT2D eigenvalue weighted by atomic mass is 19.4. The van der Waals surface area contributed by atoms with Gasteiger partial charge >= 0.3 is 12.3 Å². The lowest BCUT2D eigenvalue weighted by Gasteiger charge is -2.39. The highest BCUT2D eigenvalue weighted by Crippen LogP contribution is 2.36. The van der Waals surface area contributed by atoms with Gasteiger partial charge in [-0.1, -0.05) is 0 Å². The first-order valence-electron chi connectivity index (χ1n) is 11.3. The number of benzene rings is 1. The highest BCUT2D eigenvalue weighted by Gasteiger charge is 2.47. The SMILES string of the molecule is COc1ccc2c(c1)c(C1CN(C(=O)OC(C)(C)C)C1)nn2CC(=O)N1CCC[C@H]1C(F)(F)F. The molecular formula is C23H29F3N4O4. The molecule has 2 fully saturated rings. The van der Waals surface area contributed by atoms with Crippen molar-refractivity contribution in [2.45, 2.75) is 63.9 Å². The van der Waals surface area contributed by atoms with Crippen LogP contribution in [0.15, 0.2) is 18.2 Å². The van der Waals surface area contributed by atoms with Crippen LogP contribution in [0.4, 0.5) is 18.0 Å². The van der Waals surface area contributed by atoms with Gasteiger partial charge in [0.1, 0.15) is 23.9 Å². The Morgan fingerprint density at radius 3 is 2.50 bits per heavy atom. The molecule has 0 spiro atoms.